The Morgan fingerprint density at radius 2 is 2.00 bits per heavy atom. The molecule has 0 saturated heterocycles. The van der Waals surface area contributed by atoms with Crippen molar-refractivity contribution < 1.29 is 0 Å². The zero-order valence-corrected chi connectivity index (χ0v) is 11.1. The fourth-order valence-corrected chi connectivity index (χ4v) is 4.62. The van der Waals surface area contributed by atoms with E-state index in [4.69, 9.17) is 4.98 Å². The van der Waals surface area contributed by atoms with Gasteiger partial charge in [-0.25, -0.2) is 0 Å². The second-order valence-corrected chi connectivity index (χ2v) is 6.46. The van der Waals surface area contributed by atoms with Gasteiger partial charge in [-0.3, -0.25) is 0 Å². The molecule has 0 fully saturated rings. The molecular formula is C14H10N2Se. The molecule has 0 N–H and O–H groups in total. The van der Waals surface area contributed by atoms with Crippen molar-refractivity contribution in [3.63, 3.8) is 0 Å². The molecule has 4 rings (SSSR count). The van der Waals surface area contributed by atoms with Gasteiger partial charge in [0.2, 0.25) is 0 Å². The number of hydrogen-bond acceptors (Lipinski definition) is 1. The molecule has 0 aliphatic carbocycles. The van der Waals surface area contributed by atoms with Crippen LogP contribution in [0, 0.1) is 6.92 Å². The van der Waals surface area contributed by atoms with E-state index in [-0.39, 0.29) is 0 Å². The summed E-state index contributed by atoms with van der Waals surface area (Å²) in [6, 6.07) is 12.8. The Balaban J connectivity index is 2.30. The first-order chi connectivity index (χ1) is 8.33. The maximum atomic E-state index is 4.75. The molecule has 0 saturated carbocycles. The number of aryl methyl sites for hydroxylation is 1. The predicted octanol–water partition coefficient (Wildman–Crippen LogP) is 3.01. The number of pyridine rings is 1. The second kappa shape index (κ2) is 3.22. The van der Waals surface area contributed by atoms with Crippen LogP contribution in [0.5, 0.6) is 0 Å². The number of nitrogens with zero attached hydrogens (tertiary/aromatic N) is 2. The Kier molecular flexibility index (Phi) is 1.79. The minimum atomic E-state index is 0.388. The molecule has 1 aromatic carbocycles. The third-order valence-electron chi connectivity index (χ3n) is 3.07. The van der Waals surface area contributed by atoms with Crippen molar-refractivity contribution in [2.24, 2.45) is 0 Å². The van der Waals surface area contributed by atoms with Crippen LogP contribution in [0.25, 0.3) is 25.2 Å². The van der Waals surface area contributed by atoms with E-state index in [0.29, 0.717) is 14.5 Å². The van der Waals surface area contributed by atoms with Gasteiger partial charge in [-0.1, -0.05) is 0 Å². The van der Waals surface area contributed by atoms with E-state index >= 15 is 0 Å². The van der Waals surface area contributed by atoms with Crippen LogP contribution in [0.15, 0.2) is 42.6 Å². The van der Waals surface area contributed by atoms with Crippen LogP contribution in [-0.2, 0) is 0 Å². The number of benzene rings is 1. The summed E-state index contributed by atoms with van der Waals surface area (Å²) < 4.78 is 5.09. The summed E-state index contributed by atoms with van der Waals surface area (Å²) in [5.41, 5.74) is 3.53. The molecule has 4 aromatic rings. The van der Waals surface area contributed by atoms with Gasteiger partial charge >= 0.3 is 104 Å². The summed E-state index contributed by atoms with van der Waals surface area (Å²) in [4.78, 5) is 4.75. The first kappa shape index (κ1) is 9.46. The fourth-order valence-electron chi connectivity index (χ4n) is 2.26. The zero-order chi connectivity index (χ0) is 11.4. The van der Waals surface area contributed by atoms with Crippen molar-refractivity contribution in [3.8, 4) is 0 Å². The Morgan fingerprint density at radius 1 is 1.12 bits per heavy atom. The fraction of sp³-hybridized carbons (Fsp3) is 0.0714. The first-order valence-corrected chi connectivity index (χ1v) is 7.30. The van der Waals surface area contributed by atoms with Gasteiger partial charge < -0.3 is 0 Å². The van der Waals surface area contributed by atoms with E-state index in [9.17, 15) is 0 Å². The molecule has 17 heavy (non-hydrogen) atoms. The average Bonchev–Trinajstić information content (AvgIpc) is 2.85. The zero-order valence-electron chi connectivity index (χ0n) is 9.34. The first-order valence-electron chi connectivity index (χ1n) is 5.59. The van der Waals surface area contributed by atoms with Crippen molar-refractivity contribution in [2.45, 2.75) is 6.92 Å². The van der Waals surface area contributed by atoms with Crippen LogP contribution in [0.4, 0.5) is 0 Å². The molecule has 0 spiro atoms. The van der Waals surface area contributed by atoms with Gasteiger partial charge in [-0.2, -0.15) is 0 Å². The molecule has 3 heterocycles. The summed E-state index contributed by atoms with van der Waals surface area (Å²) in [5.74, 6) is 0. The Morgan fingerprint density at radius 3 is 2.94 bits per heavy atom. The summed E-state index contributed by atoms with van der Waals surface area (Å²) >= 11 is 0.388. The predicted molar refractivity (Wildman–Crippen MR) is 71.9 cm³/mol. The van der Waals surface area contributed by atoms with Crippen molar-refractivity contribution >= 4 is 39.7 Å². The van der Waals surface area contributed by atoms with Gasteiger partial charge in [-0.05, 0) is 0 Å². The number of hydrogen-bond donors (Lipinski definition) is 0. The van der Waals surface area contributed by atoms with E-state index in [1.54, 1.807) is 0 Å². The summed E-state index contributed by atoms with van der Waals surface area (Å²) in [5, 5.41) is 1.32. The third kappa shape index (κ3) is 1.24. The standard InChI is InChI=1S/C14H10N2Se/c1-9-6-7-12-15-13-10-4-2-3-5-11(10)17-14(13)16(12)8-9/h2-8H,1H3. The van der Waals surface area contributed by atoms with E-state index < -0.39 is 0 Å². The number of imidazole rings is 1. The molecule has 82 valence electrons. The SMILES string of the molecule is Cc1ccc2nc3c4ccccc4[se]c3n2c1. The quantitative estimate of drug-likeness (QED) is 0.454. The van der Waals surface area contributed by atoms with Gasteiger partial charge in [-0.15, -0.1) is 0 Å². The van der Waals surface area contributed by atoms with Gasteiger partial charge in [0.05, 0.1) is 0 Å². The molecular weight excluding hydrogens is 275 g/mol. The Labute approximate surface area is 104 Å². The molecule has 0 aliphatic rings. The monoisotopic (exact) mass is 286 g/mol. The number of aromatic nitrogens is 2. The van der Waals surface area contributed by atoms with Gasteiger partial charge in [0.1, 0.15) is 0 Å². The molecule has 3 aromatic heterocycles. The van der Waals surface area contributed by atoms with Gasteiger partial charge in [0, 0.05) is 0 Å². The molecule has 3 heteroatoms. The van der Waals surface area contributed by atoms with Gasteiger partial charge in [0.15, 0.2) is 0 Å². The van der Waals surface area contributed by atoms with E-state index in [1.165, 1.54) is 25.1 Å². The third-order valence-corrected chi connectivity index (χ3v) is 5.50. The summed E-state index contributed by atoms with van der Waals surface area (Å²) in [6.45, 7) is 2.13. The number of fused-ring (bicyclic) bond motifs is 5. The summed E-state index contributed by atoms with van der Waals surface area (Å²) in [6.07, 6.45) is 2.19. The van der Waals surface area contributed by atoms with Crippen LogP contribution in [0.1, 0.15) is 5.56 Å². The normalized spacial score (nSPS) is 11.8. The van der Waals surface area contributed by atoms with Crippen molar-refractivity contribution in [3.05, 3.63) is 48.2 Å². The maximum absolute atomic E-state index is 4.75. The molecule has 0 radical (unpaired) electrons. The van der Waals surface area contributed by atoms with Crippen molar-refractivity contribution in [1.29, 1.82) is 0 Å². The topological polar surface area (TPSA) is 17.3 Å². The van der Waals surface area contributed by atoms with Crippen LogP contribution >= 0.6 is 0 Å². The van der Waals surface area contributed by atoms with Crippen LogP contribution in [-0.4, -0.2) is 23.9 Å². The number of rotatable bonds is 0. The Bertz CT molecular complexity index is 854. The van der Waals surface area contributed by atoms with Crippen LogP contribution in [0.2, 0.25) is 0 Å². The van der Waals surface area contributed by atoms with Gasteiger partial charge in [0.25, 0.3) is 0 Å². The van der Waals surface area contributed by atoms with E-state index in [1.807, 2.05) is 0 Å². The van der Waals surface area contributed by atoms with Crippen LogP contribution < -0.4 is 0 Å². The second-order valence-electron chi connectivity index (χ2n) is 4.30. The van der Waals surface area contributed by atoms with Crippen molar-refractivity contribution in [1.82, 2.24) is 9.38 Å². The molecule has 0 bridgehead atoms. The van der Waals surface area contributed by atoms with E-state index in [0.717, 1.165) is 5.65 Å². The van der Waals surface area contributed by atoms with Crippen molar-refractivity contribution in [2.75, 3.05) is 0 Å². The molecule has 0 aliphatic heterocycles. The minimum absolute atomic E-state index is 0.388. The molecule has 2 nitrogen and oxygen atoms in total. The average molecular weight is 285 g/mol. The molecule has 0 atom stereocenters. The Hall–Kier alpha value is -1.57. The van der Waals surface area contributed by atoms with Crippen LogP contribution in [0.3, 0.4) is 0 Å². The molecule has 0 unspecified atom stereocenters. The van der Waals surface area contributed by atoms with E-state index in [2.05, 4.69) is 53.9 Å². The summed E-state index contributed by atoms with van der Waals surface area (Å²) in [7, 11) is 0. The molecule has 0 amide bonds.